The van der Waals surface area contributed by atoms with Crippen LogP contribution in [0.3, 0.4) is 0 Å². The van der Waals surface area contributed by atoms with Crippen molar-refractivity contribution in [2.75, 3.05) is 0 Å². The van der Waals surface area contributed by atoms with E-state index in [-0.39, 0.29) is 0 Å². The van der Waals surface area contributed by atoms with Crippen LogP contribution in [0, 0.1) is 5.92 Å². The molecule has 1 rings (SSSR count). The maximum Gasteiger partial charge on any atom is 0.331 e. The van der Waals surface area contributed by atoms with Crippen molar-refractivity contribution in [2.24, 2.45) is 5.92 Å². The van der Waals surface area contributed by atoms with E-state index in [0.29, 0.717) is 17.9 Å². The molecule has 0 radical (unpaired) electrons. The van der Waals surface area contributed by atoms with Gasteiger partial charge in [-0.15, -0.1) is 0 Å². The predicted molar refractivity (Wildman–Crippen MR) is 117 cm³/mol. The molecule has 0 aromatic rings. The monoisotopic (exact) mass is 370 g/mol. The first-order valence-electron chi connectivity index (χ1n) is 10.3. The number of carbonyl (C=O) groups is 1. The molecule has 1 N–H and O–H groups in total. The fourth-order valence-corrected chi connectivity index (χ4v) is 3.39. The normalized spacial score (nSPS) is 26.5. The summed E-state index contributed by atoms with van der Waals surface area (Å²) >= 11 is 0. The second kappa shape index (κ2) is 12.5. The lowest BCUT2D eigenvalue weighted by atomic mass is 9.88. The van der Waals surface area contributed by atoms with Gasteiger partial charge in [-0.2, -0.15) is 0 Å². The molecule has 0 aromatic carbocycles. The topological polar surface area (TPSA) is 37.3 Å². The molecule has 0 bridgehead atoms. The molecular formula is C25H38O2. The lowest BCUT2D eigenvalue weighted by Gasteiger charge is -2.18. The molecule has 2 heteroatoms. The van der Waals surface area contributed by atoms with Gasteiger partial charge < -0.3 is 5.11 Å². The smallest absolute Gasteiger partial charge is 0.331 e. The second-order valence-corrected chi connectivity index (χ2v) is 8.15. The summed E-state index contributed by atoms with van der Waals surface area (Å²) in [7, 11) is 0. The van der Waals surface area contributed by atoms with Gasteiger partial charge in [-0.1, -0.05) is 52.7 Å². The van der Waals surface area contributed by atoms with Crippen molar-refractivity contribution in [3.8, 4) is 0 Å². The van der Waals surface area contributed by atoms with Gasteiger partial charge in [0.25, 0.3) is 0 Å². The van der Waals surface area contributed by atoms with E-state index in [1.165, 1.54) is 22.3 Å². The first-order chi connectivity index (χ1) is 12.8. The van der Waals surface area contributed by atoms with Gasteiger partial charge in [-0.3, -0.25) is 0 Å². The van der Waals surface area contributed by atoms with Crippen LogP contribution in [0.15, 0.2) is 58.2 Å². The summed E-state index contributed by atoms with van der Waals surface area (Å²) < 4.78 is 0. The van der Waals surface area contributed by atoms with E-state index >= 15 is 0 Å². The standard InChI is InChI=1S/C25H38O2/c1-19(2)9-6-13-22(5)23-16-15-21(4)11-7-10-20(3)12-8-14-24(18-17-23)25(26)27/h9,11-13,18,23H,6-8,10,14-17H2,1-5H3,(H,26,27)/b20-12+,21-11+,22-13+,24-18+. The van der Waals surface area contributed by atoms with Gasteiger partial charge in [0.2, 0.25) is 0 Å². The molecule has 27 heavy (non-hydrogen) atoms. The highest BCUT2D eigenvalue weighted by Crippen LogP contribution is 2.26. The number of carboxylic acid groups (broad SMARTS) is 1. The Morgan fingerprint density at radius 3 is 2.26 bits per heavy atom. The second-order valence-electron chi connectivity index (χ2n) is 8.15. The molecule has 0 aliphatic heterocycles. The molecule has 1 unspecified atom stereocenters. The Morgan fingerprint density at radius 2 is 1.63 bits per heavy atom. The first-order valence-corrected chi connectivity index (χ1v) is 10.3. The third-order valence-corrected chi connectivity index (χ3v) is 5.36. The molecule has 0 spiro atoms. The Hall–Kier alpha value is -1.83. The summed E-state index contributed by atoms with van der Waals surface area (Å²) in [4.78, 5) is 11.6. The van der Waals surface area contributed by atoms with Gasteiger partial charge in [-0.25, -0.2) is 4.79 Å². The van der Waals surface area contributed by atoms with Gasteiger partial charge in [0.1, 0.15) is 0 Å². The molecule has 1 atom stereocenters. The number of allylic oxidation sites excluding steroid dienone is 9. The lowest BCUT2D eigenvalue weighted by molar-refractivity contribution is -0.132. The Balaban J connectivity index is 3.02. The summed E-state index contributed by atoms with van der Waals surface area (Å²) in [5.74, 6) is -0.359. The van der Waals surface area contributed by atoms with Crippen LogP contribution in [0.5, 0.6) is 0 Å². The van der Waals surface area contributed by atoms with Crippen molar-refractivity contribution in [1.82, 2.24) is 0 Å². The maximum absolute atomic E-state index is 11.6. The van der Waals surface area contributed by atoms with Gasteiger partial charge in [-0.05, 0) is 91.9 Å². The van der Waals surface area contributed by atoms with Crippen molar-refractivity contribution in [3.63, 3.8) is 0 Å². The van der Waals surface area contributed by atoms with Crippen LogP contribution in [0.4, 0.5) is 0 Å². The third kappa shape index (κ3) is 10.2. The fourth-order valence-electron chi connectivity index (χ4n) is 3.39. The maximum atomic E-state index is 11.6. The number of hydrogen-bond donors (Lipinski definition) is 1. The number of hydrogen-bond acceptors (Lipinski definition) is 1. The number of aliphatic carboxylic acids is 1. The number of rotatable bonds is 4. The van der Waals surface area contributed by atoms with Crippen molar-refractivity contribution in [3.05, 3.63) is 58.2 Å². The molecule has 0 aromatic heterocycles. The average Bonchev–Trinajstić information content (AvgIpc) is 2.58. The third-order valence-electron chi connectivity index (χ3n) is 5.36. The van der Waals surface area contributed by atoms with Crippen LogP contribution in [-0.2, 0) is 4.79 Å². The molecule has 0 fully saturated rings. The molecule has 0 saturated heterocycles. The van der Waals surface area contributed by atoms with Crippen molar-refractivity contribution in [2.45, 2.75) is 86.0 Å². The molecule has 2 nitrogen and oxygen atoms in total. The van der Waals surface area contributed by atoms with E-state index in [4.69, 9.17) is 0 Å². The molecule has 150 valence electrons. The number of carboxylic acids is 1. The lowest BCUT2D eigenvalue weighted by Crippen LogP contribution is -2.06. The van der Waals surface area contributed by atoms with Crippen molar-refractivity contribution >= 4 is 5.97 Å². The Bertz CT molecular complexity index is 637. The van der Waals surface area contributed by atoms with E-state index in [1.807, 2.05) is 6.08 Å². The average molecular weight is 371 g/mol. The van der Waals surface area contributed by atoms with E-state index in [9.17, 15) is 9.90 Å². The van der Waals surface area contributed by atoms with E-state index < -0.39 is 5.97 Å². The highest BCUT2D eigenvalue weighted by atomic mass is 16.4. The quantitative estimate of drug-likeness (QED) is 0.519. The Morgan fingerprint density at radius 1 is 1.00 bits per heavy atom. The first kappa shape index (κ1) is 23.2. The minimum atomic E-state index is -0.769. The largest absolute Gasteiger partial charge is 0.478 e. The molecule has 0 saturated carbocycles. The molecular weight excluding hydrogens is 332 g/mol. The molecule has 0 amide bonds. The summed E-state index contributed by atoms with van der Waals surface area (Å²) in [5.41, 5.74) is 6.08. The highest BCUT2D eigenvalue weighted by molar-refractivity contribution is 5.86. The molecule has 0 heterocycles. The molecule has 1 aliphatic rings. The van der Waals surface area contributed by atoms with E-state index in [1.54, 1.807) is 0 Å². The Kier molecular flexibility index (Phi) is 10.8. The van der Waals surface area contributed by atoms with Gasteiger partial charge >= 0.3 is 5.97 Å². The van der Waals surface area contributed by atoms with E-state index in [0.717, 1.165) is 44.9 Å². The zero-order chi connectivity index (χ0) is 20.2. The zero-order valence-corrected chi connectivity index (χ0v) is 18.0. The van der Waals surface area contributed by atoms with Gasteiger partial charge in [0.05, 0.1) is 0 Å². The predicted octanol–water partition coefficient (Wildman–Crippen LogP) is 7.55. The van der Waals surface area contributed by atoms with Gasteiger partial charge in [0, 0.05) is 5.57 Å². The van der Waals surface area contributed by atoms with Crippen molar-refractivity contribution < 1.29 is 9.90 Å². The minimum absolute atomic E-state index is 0.411. The van der Waals surface area contributed by atoms with Crippen LogP contribution in [-0.4, -0.2) is 11.1 Å². The highest BCUT2D eigenvalue weighted by Gasteiger charge is 2.13. The van der Waals surface area contributed by atoms with Crippen LogP contribution < -0.4 is 0 Å². The minimum Gasteiger partial charge on any atom is -0.478 e. The van der Waals surface area contributed by atoms with Gasteiger partial charge in [0.15, 0.2) is 0 Å². The van der Waals surface area contributed by atoms with Crippen LogP contribution >= 0.6 is 0 Å². The molecule has 1 aliphatic carbocycles. The summed E-state index contributed by atoms with van der Waals surface area (Å²) in [6.45, 7) is 10.8. The zero-order valence-electron chi connectivity index (χ0n) is 18.0. The van der Waals surface area contributed by atoms with E-state index in [2.05, 4.69) is 58.9 Å². The summed E-state index contributed by atoms with van der Waals surface area (Å²) in [6, 6.07) is 0. The van der Waals surface area contributed by atoms with Crippen molar-refractivity contribution in [1.29, 1.82) is 0 Å². The Labute approximate surface area is 166 Å². The summed E-state index contributed by atoms with van der Waals surface area (Å²) in [5, 5.41) is 9.56. The van der Waals surface area contributed by atoms with Crippen LogP contribution in [0.25, 0.3) is 0 Å². The summed E-state index contributed by atoms with van der Waals surface area (Å²) in [6.07, 6.45) is 18.6. The van der Waals surface area contributed by atoms with Crippen LogP contribution in [0.1, 0.15) is 86.0 Å². The fraction of sp³-hybridized carbons (Fsp3) is 0.560. The van der Waals surface area contributed by atoms with Crippen LogP contribution in [0.2, 0.25) is 0 Å². The SMILES string of the molecule is CC(C)=CC/C=C(\C)C1C/C=C(/C(=O)O)CC/C=C(\C)CC/C=C(\C)CC1.